The van der Waals surface area contributed by atoms with Crippen LogP contribution in [0.25, 0.3) is 0 Å². The van der Waals surface area contributed by atoms with Crippen molar-refractivity contribution >= 4 is 0 Å². The maximum atomic E-state index is 4.35. The normalized spacial score (nSPS) is 12.9. The number of hydrogen-bond acceptors (Lipinski definition) is 3. The van der Waals surface area contributed by atoms with E-state index in [1.807, 2.05) is 4.68 Å². The molecule has 0 aromatic carbocycles. The number of nitrogens with one attached hydrogen (secondary N) is 1. The van der Waals surface area contributed by atoms with Gasteiger partial charge in [-0.25, -0.2) is 4.98 Å². The molecule has 98 valence electrons. The number of rotatable bonds is 9. The molecule has 0 aliphatic rings. The second kappa shape index (κ2) is 8.23. The third-order valence-corrected chi connectivity index (χ3v) is 3.01. The van der Waals surface area contributed by atoms with Crippen molar-refractivity contribution in [3.05, 3.63) is 12.2 Å². The largest absolute Gasteiger partial charge is 0.314 e. The lowest BCUT2D eigenvalue weighted by Crippen LogP contribution is -2.32. The maximum Gasteiger partial charge on any atom is 0.138 e. The van der Waals surface area contributed by atoms with Gasteiger partial charge in [0.2, 0.25) is 0 Å². The van der Waals surface area contributed by atoms with Crippen molar-refractivity contribution in [2.45, 2.75) is 65.5 Å². The Morgan fingerprint density at radius 3 is 2.76 bits per heavy atom. The first-order valence-corrected chi connectivity index (χ1v) is 6.91. The molecule has 1 rings (SSSR count). The van der Waals surface area contributed by atoms with Crippen LogP contribution in [-0.4, -0.2) is 27.4 Å². The molecule has 4 nitrogen and oxygen atoms in total. The summed E-state index contributed by atoms with van der Waals surface area (Å²) in [5.74, 6) is 1.11. The van der Waals surface area contributed by atoms with E-state index in [0.717, 1.165) is 25.3 Å². The molecule has 0 amide bonds. The third-order valence-electron chi connectivity index (χ3n) is 3.01. The van der Waals surface area contributed by atoms with E-state index < -0.39 is 0 Å². The molecule has 0 aliphatic carbocycles. The molecule has 1 aromatic heterocycles. The SMILES string of the molecule is CCCCC(Cc1ncnn1CC)NCCC. The van der Waals surface area contributed by atoms with Crippen molar-refractivity contribution in [3.63, 3.8) is 0 Å². The van der Waals surface area contributed by atoms with Crippen molar-refractivity contribution in [1.82, 2.24) is 20.1 Å². The fourth-order valence-corrected chi connectivity index (χ4v) is 2.01. The summed E-state index contributed by atoms with van der Waals surface area (Å²) in [5, 5.41) is 7.84. The molecule has 0 fully saturated rings. The van der Waals surface area contributed by atoms with Crippen LogP contribution < -0.4 is 5.32 Å². The van der Waals surface area contributed by atoms with E-state index in [0.29, 0.717) is 6.04 Å². The van der Waals surface area contributed by atoms with Crippen LogP contribution in [0.3, 0.4) is 0 Å². The summed E-state index contributed by atoms with van der Waals surface area (Å²) >= 11 is 0. The lowest BCUT2D eigenvalue weighted by atomic mass is 10.1. The van der Waals surface area contributed by atoms with Gasteiger partial charge in [-0.1, -0.05) is 26.7 Å². The van der Waals surface area contributed by atoms with Gasteiger partial charge in [-0.05, 0) is 26.3 Å². The van der Waals surface area contributed by atoms with E-state index in [1.54, 1.807) is 6.33 Å². The average Bonchev–Trinajstić information content (AvgIpc) is 2.79. The second-order valence-electron chi connectivity index (χ2n) is 4.49. The summed E-state index contributed by atoms with van der Waals surface area (Å²) in [6, 6.07) is 0.546. The van der Waals surface area contributed by atoms with Gasteiger partial charge < -0.3 is 5.32 Å². The molecule has 0 bridgehead atoms. The Morgan fingerprint density at radius 1 is 1.29 bits per heavy atom. The lowest BCUT2D eigenvalue weighted by molar-refractivity contribution is 0.443. The van der Waals surface area contributed by atoms with Gasteiger partial charge in [-0.2, -0.15) is 5.10 Å². The lowest BCUT2D eigenvalue weighted by Gasteiger charge is -2.17. The fourth-order valence-electron chi connectivity index (χ4n) is 2.01. The van der Waals surface area contributed by atoms with Gasteiger partial charge in [0.25, 0.3) is 0 Å². The van der Waals surface area contributed by atoms with E-state index in [2.05, 4.69) is 36.2 Å². The monoisotopic (exact) mass is 238 g/mol. The number of aromatic nitrogens is 3. The van der Waals surface area contributed by atoms with Gasteiger partial charge >= 0.3 is 0 Å². The minimum atomic E-state index is 0.546. The molecule has 0 saturated carbocycles. The van der Waals surface area contributed by atoms with E-state index in [9.17, 15) is 0 Å². The number of unbranched alkanes of at least 4 members (excludes halogenated alkanes) is 1. The van der Waals surface area contributed by atoms with E-state index >= 15 is 0 Å². The molecule has 4 heteroatoms. The van der Waals surface area contributed by atoms with Crippen LogP contribution in [0.4, 0.5) is 0 Å². The Morgan fingerprint density at radius 2 is 2.12 bits per heavy atom. The standard InChI is InChI=1S/C13H26N4/c1-4-7-8-12(14-9-5-2)10-13-15-11-16-17(13)6-3/h11-12,14H,4-10H2,1-3H3. The van der Waals surface area contributed by atoms with Gasteiger partial charge in [0.05, 0.1) is 0 Å². The number of hydrogen-bond donors (Lipinski definition) is 1. The minimum absolute atomic E-state index is 0.546. The van der Waals surface area contributed by atoms with Crippen LogP contribution in [0.2, 0.25) is 0 Å². The topological polar surface area (TPSA) is 42.7 Å². The van der Waals surface area contributed by atoms with E-state index in [4.69, 9.17) is 0 Å². The Balaban J connectivity index is 2.51. The van der Waals surface area contributed by atoms with E-state index in [-0.39, 0.29) is 0 Å². The van der Waals surface area contributed by atoms with Crippen LogP contribution in [0.1, 0.15) is 52.3 Å². The molecule has 1 atom stereocenters. The van der Waals surface area contributed by atoms with Gasteiger partial charge in [0.1, 0.15) is 12.2 Å². The minimum Gasteiger partial charge on any atom is -0.314 e. The first kappa shape index (κ1) is 14.2. The molecule has 1 N–H and O–H groups in total. The Kier molecular flexibility index (Phi) is 6.86. The predicted molar refractivity (Wildman–Crippen MR) is 71.0 cm³/mol. The van der Waals surface area contributed by atoms with Crippen molar-refractivity contribution in [2.75, 3.05) is 6.54 Å². The fraction of sp³-hybridized carbons (Fsp3) is 0.846. The summed E-state index contributed by atoms with van der Waals surface area (Å²) in [7, 11) is 0. The summed E-state index contributed by atoms with van der Waals surface area (Å²) in [6.45, 7) is 8.56. The second-order valence-corrected chi connectivity index (χ2v) is 4.49. The molecule has 0 saturated heterocycles. The van der Waals surface area contributed by atoms with Crippen LogP contribution in [0, 0.1) is 0 Å². The van der Waals surface area contributed by atoms with Gasteiger partial charge in [0.15, 0.2) is 0 Å². The average molecular weight is 238 g/mol. The third kappa shape index (κ3) is 4.86. The predicted octanol–water partition coefficient (Wildman–Crippen LogP) is 2.40. The Bertz CT molecular complexity index is 287. The molecule has 1 unspecified atom stereocenters. The highest BCUT2D eigenvalue weighted by Gasteiger charge is 2.12. The molecule has 1 aromatic rings. The molecule has 17 heavy (non-hydrogen) atoms. The van der Waals surface area contributed by atoms with Crippen molar-refractivity contribution < 1.29 is 0 Å². The zero-order valence-corrected chi connectivity index (χ0v) is 11.4. The molecule has 0 spiro atoms. The number of aryl methyl sites for hydroxylation is 1. The first-order valence-electron chi connectivity index (χ1n) is 6.91. The zero-order valence-electron chi connectivity index (χ0n) is 11.4. The molecule has 1 heterocycles. The van der Waals surface area contributed by atoms with E-state index in [1.165, 1.54) is 25.7 Å². The Labute approximate surface area is 105 Å². The highest BCUT2D eigenvalue weighted by atomic mass is 15.3. The van der Waals surface area contributed by atoms with Crippen molar-refractivity contribution in [2.24, 2.45) is 0 Å². The molecule has 0 aliphatic heterocycles. The van der Waals surface area contributed by atoms with Crippen LogP contribution in [0.15, 0.2) is 6.33 Å². The molecule has 0 radical (unpaired) electrons. The Hall–Kier alpha value is -0.900. The number of nitrogens with zero attached hydrogens (tertiary/aromatic N) is 3. The molecular weight excluding hydrogens is 212 g/mol. The summed E-state index contributed by atoms with van der Waals surface area (Å²) < 4.78 is 1.99. The maximum absolute atomic E-state index is 4.35. The van der Waals surface area contributed by atoms with Crippen LogP contribution in [0.5, 0.6) is 0 Å². The highest BCUT2D eigenvalue weighted by Crippen LogP contribution is 2.07. The molecular formula is C13H26N4. The smallest absolute Gasteiger partial charge is 0.138 e. The van der Waals surface area contributed by atoms with Crippen LogP contribution >= 0.6 is 0 Å². The highest BCUT2D eigenvalue weighted by molar-refractivity contribution is 4.89. The van der Waals surface area contributed by atoms with Crippen molar-refractivity contribution in [3.8, 4) is 0 Å². The summed E-state index contributed by atoms with van der Waals surface area (Å²) in [5.41, 5.74) is 0. The summed E-state index contributed by atoms with van der Waals surface area (Å²) in [6.07, 6.45) is 7.60. The summed E-state index contributed by atoms with van der Waals surface area (Å²) in [4.78, 5) is 4.35. The quantitative estimate of drug-likeness (QED) is 0.718. The zero-order chi connectivity index (χ0) is 12.5. The van der Waals surface area contributed by atoms with Crippen LogP contribution in [-0.2, 0) is 13.0 Å². The van der Waals surface area contributed by atoms with Crippen molar-refractivity contribution in [1.29, 1.82) is 0 Å². The van der Waals surface area contributed by atoms with Gasteiger partial charge in [-0.3, -0.25) is 4.68 Å². The van der Waals surface area contributed by atoms with Gasteiger partial charge in [0, 0.05) is 19.0 Å². The van der Waals surface area contributed by atoms with Gasteiger partial charge in [-0.15, -0.1) is 0 Å². The first-order chi connectivity index (χ1) is 8.31.